The van der Waals surface area contributed by atoms with E-state index in [1.54, 1.807) is 0 Å². The molecule has 0 bridgehead atoms. The fourth-order valence-corrected chi connectivity index (χ4v) is 5.79. The van der Waals surface area contributed by atoms with Gasteiger partial charge in [0.2, 0.25) is 0 Å². The van der Waals surface area contributed by atoms with Gasteiger partial charge in [0.25, 0.3) is 0 Å². The summed E-state index contributed by atoms with van der Waals surface area (Å²) in [6.07, 6.45) is 35.0. The van der Waals surface area contributed by atoms with Crippen molar-refractivity contribution in [1.29, 1.82) is 0 Å². The lowest BCUT2D eigenvalue weighted by Crippen LogP contribution is -2.34. The van der Waals surface area contributed by atoms with Crippen LogP contribution in [0, 0.1) is 0 Å². The van der Waals surface area contributed by atoms with E-state index in [0.29, 0.717) is 12.8 Å². The summed E-state index contributed by atoms with van der Waals surface area (Å²) in [6, 6.07) is -1.52. The number of unbranched alkanes of at least 4 members (excludes halogenated alkanes) is 16. The molecule has 0 rings (SSSR count). The molecule has 0 amide bonds. The summed E-state index contributed by atoms with van der Waals surface area (Å²) in [6.45, 7) is 2.72. The molecule has 51 heavy (non-hydrogen) atoms. The number of nitrogens with two attached hydrogens (primary N) is 1. The third kappa shape index (κ3) is 34.5. The Balaban J connectivity index is 4.46. The maximum Gasteiger partial charge on any atom is 0.472 e. The number of rotatable bonds is 36. The van der Waals surface area contributed by atoms with E-state index in [1.165, 1.54) is 57.8 Å². The minimum absolute atomic E-state index is 0.136. The van der Waals surface area contributed by atoms with Crippen molar-refractivity contribution < 1.29 is 47.5 Å². The van der Waals surface area contributed by atoms with Gasteiger partial charge in [0.1, 0.15) is 12.6 Å². The van der Waals surface area contributed by atoms with Crippen LogP contribution in [0.4, 0.5) is 0 Å². The Morgan fingerprint density at radius 2 is 1.04 bits per heavy atom. The van der Waals surface area contributed by atoms with Crippen LogP contribution in [0.15, 0.2) is 36.5 Å². The molecule has 12 heteroatoms. The quantitative estimate of drug-likeness (QED) is 0.0241. The highest BCUT2D eigenvalue weighted by atomic mass is 31.2. The number of hydrogen-bond acceptors (Lipinski definition) is 9. The fourth-order valence-electron chi connectivity index (χ4n) is 5.01. The summed E-state index contributed by atoms with van der Waals surface area (Å²) in [4.78, 5) is 45.7. The minimum Gasteiger partial charge on any atom is -0.480 e. The highest BCUT2D eigenvalue weighted by Crippen LogP contribution is 2.43. The standard InChI is InChI=1S/C39H70NO10P/c1-3-5-7-9-11-13-15-16-17-18-19-20-21-23-25-27-29-31-38(42)50-35(33-48-51(45,46)49-34-36(40)39(43)44)32-47-37(41)30-28-26-24-22-14-12-10-8-6-4-2/h11,13,16-17,19-20,35-36H,3-10,12,14-15,18,21-34,40H2,1-2H3,(H,43,44)(H,45,46)/b13-11+,17-16+,20-19+/t35-,36-/m0/s1. The van der Waals surface area contributed by atoms with Gasteiger partial charge in [0, 0.05) is 12.8 Å². The molecule has 4 N–H and O–H groups in total. The number of phosphoric acid groups is 1. The molecule has 0 aromatic carbocycles. The maximum atomic E-state index is 12.6. The van der Waals surface area contributed by atoms with E-state index in [1.807, 2.05) is 0 Å². The molecule has 0 saturated heterocycles. The van der Waals surface area contributed by atoms with Crippen LogP contribution in [-0.4, -0.2) is 59.9 Å². The van der Waals surface area contributed by atoms with E-state index in [-0.39, 0.29) is 19.4 Å². The molecule has 0 aromatic heterocycles. The van der Waals surface area contributed by atoms with Crippen LogP contribution in [0.1, 0.15) is 162 Å². The average Bonchev–Trinajstić information content (AvgIpc) is 3.10. The fraction of sp³-hybridized carbons (Fsp3) is 0.769. The first-order valence-corrected chi connectivity index (χ1v) is 21.0. The second kappa shape index (κ2) is 34.8. The van der Waals surface area contributed by atoms with Gasteiger partial charge in [0.15, 0.2) is 6.10 Å². The number of carboxylic acids is 1. The molecular weight excluding hydrogens is 673 g/mol. The summed E-state index contributed by atoms with van der Waals surface area (Å²) in [5.74, 6) is -2.41. The number of hydrogen-bond donors (Lipinski definition) is 3. The second-order valence-electron chi connectivity index (χ2n) is 13.1. The topological polar surface area (TPSA) is 172 Å². The van der Waals surface area contributed by atoms with Crippen LogP contribution >= 0.6 is 7.82 Å². The van der Waals surface area contributed by atoms with Gasteiger partial charge in [-0.3, -0.25) is 23.4 Å². The zero-order chi connectivity index (χ0) is 37.8. The van der Waals surface area contributed by atoms with Crippen LogP contribution in [0.2, 0.25) is 0 Å². The predicted octanol–water partition coefficient (Wildman–Crippen LogP) is 9.67. The molecule has 0 spiro atoms. The van der Waals surface area contributed by atoms with Gasteiger partial charge >= 0.3 is 25.7 Å². The van der Waals surface area contributed by atoms with Gasteiger partial charge in [-0.05, 0) is 51.4 Å². The van der Waals surface area contributed by atoms with Crippen molar-refractivity contribution in [3.05, 3.63) is 36.5 Å². The number of phosphoric ester groups is 1. The number of aliphatic carboxylic acids is 1. The van der Waals surface area contributed by atoms with Gasteiger partial charge in [-0.25, -0.2) is 4.57 Å². The Labute approximate surface area is 308 Å². The number of carbonyl (C=O) groups excluding carboxylic acids is 2. The van der Waals surface area contributed by atoms with Gasteiger partial charge in [-0.2, -0.15) is 0 Å². The van der Waals surface area contributed by atoms with Crippen LogP contribution < -0.4 is 5.73 Å². The zero-order valence-electron chi connectivity index (χ0n) is 31.7. The largest absolute Gasteiger partial charge is 0.480 e. The smallest absolute Gasteiger partial charge is 0.472 e. The molecule has 1 unspecified atom stereocenters. The molecule has 0 radical (unpaired) electrons. The number of carboxylic acid groups (broad SMARTS) is 1. The van der Waals surface area contributed by atoms with Crippen LogP contribution in [0.3, 0.4) is 0 Å². The first kappa shape index (κ1) is 48.7. The monoisotopic (exact) mass is 743 g/mol. The SMILES string of the molecule is CCCCC/C=C/C/C=C/C/C=C/CCCCCCC(=O)O[C@@H](COC(=O)CCCCCCCCCCCC)COP(=O)(O)OC[C@H](N)C(=O)O. The zero-order valence-corrected chi connectivity index (χ0v) is 32.6. The summed E-state index contributed by atoms with van der Waals surface area (Å²) in [5.41, 5.74) is 5.31. The van der Waals surface area contributed by atoms with Crippen molar-refractivity contribution in [1.82, 2.24) is 0 Å². The number of allylic oxidation sites excluding steroid dienone is 6. The van der Waals surface area contributed by atoms with Crippen LogP contribution in [0.5, 0.6) is 0 Å². The molecular formula is C39H70NO10P. The average molecular weight is 744 g/mol. The van der Waals surface area contributed by atoms with Gasteiger partial charge in [-0.15, -0.1) is 0 Å². The molecule has 11 nitrogen and oxygen atoms in total. The highest BCUT2D eigenvalue weighted by Gasteiger charge is 2.28. The van der Waals surface area contributed by atoms with Crippen molar-refractivity contribution >= 4 is 25.7 Å². The van der Waals surface area contributed by atoms with Gasteiger partial charge < -0.3 is 25.2 Å². The Kier molecular flexibility index (Phi) is 33.2. The van der Waals surface area contributed by atoms with Crippen molar-refractivity contribution in [2.75, 3.05) is 19.8 Å². The van der Waals surface area contributed by atoms with E-state index in [4.69, 9.17) is 24.8 Å². The normalized spacial score (nSPS) is 14.3. The Hall–Kier alpha value is -2.30. The van der Waals surface area contributed by atoms with Crippen molar-refractivity contribution in [3.8, 4) is 0 Å². The van der Waals surface area contributed by atoms with E-state index in [2.05, 4.69) is 54.8 Å². The molecule has 0 aromatic rings. The van der Waals surface area contributed by atoms with E-state index in [0.717, 1.165) is 64.2 Å². The maximum absolute atomic E-state index is 12.6. The molecule has 0 saturated carbocycles. The third-order valence-corrected chi connectivity index (χ3v) is 9.09. The molecule has 0 aliphatic heterocycles. The summed E-state index contributed by atoms with van der Waals surface area (Å²) >= 11 is 0. The van der Waals surface area contributed by atoms with Crippen molar-refractivity contribution in [2.45, 2.75) is 174 Å². The first-order valence-electron chi connectivity index (χ1n) is 19.5. The number of esters is 2. The van der Waals surface area contributed by atoms with Gasteiger partial charge in [0.05, 0.1) is 13.2 Å². The lowest BCUT2D eigenvalue weighted by molar-refractivity contribution is -0.161. The Bertz CT molecular complexity index is 1020. The summed E-state index contributed by atoms with van der Waals surface area (Å²) < 4.78 is 32.5. The van der Waals surface area contributed by atoms with Crippen LogP contribution in [0.25, 0.3) is 0 Å². The van der Waals surface area contributed by atoms with E-state index >= 15 is 0 Å². The molecule has 296 valence electrons. The van der Waals surface area contributed by atoms with E-state index < -0.39 is 51.1 Å². The van der Waals surface area contributed by atoms with Crippen LogP contribution in [-0.2, 0) is 37.5 Å². The Morgan fingerprint density at radius 3 is 1.59 bits per heavy atom. The summed E-state index contributed by atoms with van der Waals surface area (Å²) in [7, 11) is -4.71. The molecule has 0 heterocycles. The molecule has 0 aliphatic carbocycles. The lowest BCUT2D eigenvalue weighted by Gasteiger charge is -2.20. The van der Waals surface area contributed by atoms with Gasteiger partial charge in [-0.1, -0.05) is 134 Å². The predicted molar refractivity (Wildman–Crippen MR) is 203 cm³/mol. The summed E-state index contributed by atoms with van der Waals surface area (Å²) in [5, 5.41) is 8.86. The van der Waals surface area contributed by atoms with Crippen molar-refractivity contribution in [2.24, 2.45) is 5.73 Å². The first-order chi connectivity index (χ1) is 24.6. The van der Waals surface area contributed by atoms with Crippen molar-refractivity contribution in [3.63, 3.8) is 0 Å². The van der Waals surface area contributed by atoms with E-state index in [9.17, 15) is 23.8 Å². The minimum atomic E-state index is -4.71. The molecule has 0 aliphatic rings. The number of carbonyl (C=O) groups is 3. The highest BCUT2D eigenvalue weighted by molar-refractivity contribution is 7.47. The second-order valence-corrected chi connectivity index (χ2v) is 14.5. The molecule has 3 atom stereocenters. The Morgan fingerprint density at radius 1 is 0.608 bits per heavy atom. The third-order valence-electron chi connectivity index (χ3n) is 8.14. The number of ether oxygens (including phenoxy) is 2. The lowest BCUT2D eigenvalue weighted by atomic mass is 10.1. The molecule has 0 fully saturated rings.